The summed E-state index contributed by atoms with van der Waals surface area (Å²) in [5.41, 5.74) is 27.9. The van der Waals surface area contributed by atoms with Gasteiger partial charge in [-0.05, 0) is 112 Å². The first-order valence-electron chi connectivity index (χ1n) is 36.2. The van der Waals surface area contributed by atoms with Gasteiger partial charge in [-0.3, -0.25) is 81.5 Å². The van der Waals surface area contributed by atoms with Crippen LogP contribution in [0.4, 0.5) is 0 Å². The van der Waals surface area contributed by atoms with Crippen molar-refractivity contribution in [3.8, 4) is 5.75 Å². The summed E-state index contributed by atoms with van der Waals surface area (Å²) in [4.78, 5) is 241. The molecule has 3 heterocycles. The molecular formula is C73H99N19O20S. The second-order valence-corrected chi connectivity index (χ2v) is 28.5. The number of carboxylic acid groups (broad SMARTS) is 1. The third kappa shape index (κ3) is 28.3. The molecule has 6 rings (SSSR count). The highest BCUT2D eigenvalue weighted by Crippen LogP contribution is 2.24. The largest absolute Gasteiger partial charge is 0.497 e. The Balaban J connectivity index is 1.44. The zero-order valence-corrected chi connectivity index (χ0v) is 63.5. The van der Waals surface area contributed by atoms with E-state index in [1.807, 2.05) is 0 Å². The maximum absolute atomic E-state index is 15.6. The van der Waals surface area contributed by atoms with E-state index in [1.54, 1.807) is 85.2 Å². The number of carbonyl (C=O) groups is 17. The number of benzene rings is 3. The van der Waals surface area contributed by atoms with Crippen molar-refractivity contribution in [3.63, 3.8) is 0 Å². The zero-order valence-electron chi connectivity index (χ0n) is 62.7. The van der Waals surface area contributed by atoms with Gasteiger partial charge in [0.25, 0.3) is 0 Å². The number of carbonyl (C=O) groups excluding carboxylic acids is 16. The summed E-state index contributed by atoms with van der Waals surface area (Å²) >= 11 is 0.917. The second kappa shape index (κ2) is 43.4. The SMILES string of the molecule is COc1ccc(C[C@H](NC(=O)[C@@H]2CSCC[C@H](NC(C)=O)C(=O)N[C@@H](CCC(N)=O)C(=O)N[C@@H]([C@@H](C)O)C(=O)N[C@@H](Cc3c[nH]c4ccccc34)C(=O)N[C@@H](CCC(N)=O)C(=O)N2)C(=O)N[C@@H](Cc2c[nH]c3ccccc23)C(=O)N[C@@](C)(CCCCN)C(=O)N[C@@H](CCC(=O)O)C(=O)N[C@@H](CC(N)=O)C(=O)NCC(N)=O)cc1. The molecule has 612 valence electrons. The number of aliphatic hydroxyl groups excluding tert-OH is 1. The fraction of sp³-hybridized carbons (Fsp3) is 0.466. The summed E-state index contributed by atoms with van der Waals surface area (Å²) in [6.07, 6.45) is -4.08. The Morgan fingerprint density at radius 3 is 1.74 bits per heavy atom. The number of amides is 16. The molecule has 5 aromatic rings. The molecule has 0 bridgehead atoms. The molecule has 0 saturated carbocycles. The number of H-pyrrole nitrogens is 2. The van der Waals surface area contributed by atoms with Gasteiger partial charge in [0.15, 0.2) is 0 Å². The number of aromatic amines is 2. The van der Waals surface area contributed by atoms with E-state index in [2.05, 4.69) is 73.8 Å². The molecule has 12 atom stereocenters. The monoisotopic (exact) mass is 1590 g/mol. The van der Waals surface area contributed by atoms with Crippen LogP contribution in [0.15, 0.2) is 85.2 Å². The van der Waals surface area contributed by atoms with Crippen molar-refractivity contribution < 1.29 is 96.5 Å². The molecule has 40 heteroatoms. The first-order valence-corrected chi connectivity index (χ1v) is 37.4. The summed E-state index contributed by atoms with van der Waals surface area (Å²) in [5, 5.41) is 52.1. The first-order chi connectivity index (χ1) is 53.6. The van der Waals surface area contributed by atoms with E-state index < -0.39 is 230 Å². The molecule has 1 aliphatic rings. The Labute approximate surface area is 652 Å². The molecule has 0 aliphatic carbocycles. The Morgan fingerprint density at radius 2 is 1.17 bits per heavy atom. The molecule has 1 fully saturated rings. The minimum absolute atomic E-state index is 0.0911. The van der Waals surface area contributed by atoms with E-state index in [0.717, 1.165) is 25.6 Å². The van der Waals surface area contributed by atoms with E-state index in [1.165, 1.54) is 14.0 Å². The lowest BCUT2D eigenvalue weighted by Gasteiger charge is -2.34. The number of rotatable bonds is 37. The van der Waals surface area contributed by atoms with Gasteiger partial charge in [0.05, 0.1) is 26.2 Å². The Morgan fingerprint density at radius 1 is 0.611 bits per heavy atom. The van der Waals surface area contributed by atoms with Crippen LogP contribution in [-0.2, 0) is 101 Å². The lowest BCUT2D eigenvalue weighted by Crippen LogP contribution is -2.64. The summed E-state index contributed by atoms with van der Waals surface area (Å²) in [7, 11) is 1.40. The van der Waals surface area contributed by atoms with Crippen LogP contribution >= 0.6 is 11.8 Å². The third-order valence-corrected chi connectivity index (χ3v) is 19.4. The van der Waals surface area contributed by atoms with Gasteiger partial charge in [0.2, 0.25) is 94.5 Å². The molecule has 16 amide bonds. The third-order valence-electron chi connectivity index (χ3n) is 18.3. The minimum Gasteiger partial charge on any atom is -0.497 e. The van der Waals surface area contributed by atoms with E-state index in [-0.39, 0.29) is 57.2 Å². The average molecular weight is 1590 g/mol. The number of unbranched alkanes of at least 4 members (excludes halogenated alkanes) is 1. The van der Waals surface area contributed by atoms with Gasteiger partial charge in [-0.2, -0.15) is 11.8 Å². The number of aromatic nitrogens is 2. The van der Waals surface area contributed by atoms with Gasteiger partial charge in [0, 0.05) is 85.4 Å². The van der Waals surface area contributed by atoms with Crippen molar-refractivity contribution in [2.24, 2.45) is 28.7 Å². The summed E-state index contributed by atoms with van der Waals surface area (Å²) in [5.74, 6) is -18.4. The smallest absolute Gasteiger partial charge is 0.303 e. The van der Waals surface area contributed by atoms with Gasteiger partial charge < -0.3 is 117 Å². The summed E-state index contributed by atoms with van der Waals surface area (Å²) in [6, 6.07) is 2.71. The number of primary amides is 4. The van der Waals surface area contributed by atoms with Gasteiger partial charge in [0.1, 0.15) is 71.7 Å². The number of ether oxygens (including phenoxy) is 1. The molecule has 0 spiro atoms. The highest BCUT2D eigenvalue weighted by atomic mass is 32.2. The number of fused-ring (bicyclic) bond motifs is 2. The fourth-order valence-electron chi connectivity index (χ4n) is 12.2. The van der Waals surface area contributed by atoms with Gasteiger partial charge in [-0.25, -0.2) is 0 Å². The topological polar surface area (TPSA) is 646 Å². The molecule has 26 N–H and O–H groups in total. The number of aliphatic carboxylic acids is 1. The van der Waals surface area contributed by atoms with Crippen molar-refractivity contribution in [1.82, 2.24) is 73.8 Å². The Bertz CT molecular complexity index is 4290. The highest BCUT2D eigenvalue weighted by Gasteiger charge is 2.42. The van der Waals surface area contributed by atoms with Crippen LogP contribution in [0.3, 0.4) is 0 Å². The number of carboxylic acids is 1. The molecule has 39 nitrogen and oxygen atoms in total. The molecule has 113 heavy (non-hydrogen) atoms. The van der Waals surface area contributed by atoms with Crippen LogP contribution in [0.25, 0.3) is 21.8 Å². The molecular weight excluding hydrogens is 1490 g/mol. The fourth-order valence-corrected chi connectivity index (χ4v) is 13.2. The van der Waals surface area contributed by atoms with Gasteiger partial charge in [-0.1, -0.05) is 48.5 Å². The van der Waals surface area contributed by atoms with Crippen molar-refractivity contribution in [2.45, 2.75) is 183 Å². The van der Waals surface area contributed by atoms with E-state index in [9.17, 15) is 72.5 Å². The van der Waals surface area contributed by atoms with E-state index in [4.69, 9.17) is 33.4 Å². The number of thioether (sulfide) groups is 1. The van der Waals surface area contributed by atoms with Crippen molar-refractivity contribution in [3.05, 3.63) is 102 Å². The maximum atomic E-state index is 15.6. The molecule has 1 aliphatic heterocycles. The molecule has 0 radical (unpaired) electrons. The molecule has 1 saturated heterocycles. The average Bonchev–Trinajstić information content (AvgIpc) is 1.80. The lowest BCUT2D eigenvalue weighted by molar-refractivity contribution is -0.140. The Hall–Kier alpha value is -12.2. The van der Waals surface area contributed by atoms with Gasteiger partial charge >= 0.3 is 5.97 Å². The number of nitrogens with one attached hydrogen (secondary N) is 14. The van der Waals surface area contributed by atoms with E-state index in [0.29, 0.717) is 44.2 Å². The van der Waals surface area contributed by atoms with Crippen molar-refractivity contribution in [1.29, 1.82) is 0 Å². The number of nitrogens with two attached hydrogens (primary N) is 5. The number of para-hydroxylation sites is 2. The molecule has 0 unspecified atom stereocenters. The summed E-state index contributed by atoms with van der Waals surface area (Å²) in [6.45, 7) is 2.87. The van der Waals surface area contributed by atoms with Crippen LogP contribution in [-0.4, -0.2) is 224 Å². The van der Waals surface area contributed by atoms with Crippen molar-refractivity contribution >= 4 is 134 Å². The molecule has 2 aromatic heterocycles. The van der Waals surface area contributed by atoms with Crippen LogP contribution in [0, 0.1) is 0 Å². The zero-order chi connectivity index (χ0) is 83.2. The van der Waals surface area contributed by atoms with Crippen LogP contribution in [0.2, 0.25) is 0 Å². The Kier molecular flexibility index (Phi) is 34.5. The van der Waals surface area contributed by atoms with Crippen LogP contribution in [0.5, 0.6) is 5.75 Å². The quantitative estimate of drug-likeness (QED) is 0.0166. The molecule has 3 aromatic carbocycles. The number of methoxy groups -OCH3 is 1. The van der Waals surface area contributed by atoms with Crippen LogP contribution < -0.4 is 97.2 Å². The predicted octanol–water partition coefficient (Wildman–Crippen LogP) is -5.05. The highest BCUT2D eigenvalue weighted by molar-refractivity contribution is 7.99. The minimum atomic E-state index is -2.09. The van der Waals surface area contributed by atoms with Crippen LogP contribution in [0.1, 0.15) is 108 Å². The number of aliphatic hydroxyl groups is 1. The first kappa shape index (κ1) is 89.7. The van der Waals surface area contributed by atoms with Crippen molar-refractivity contribution in [2.75, 3.05) is 31.7 Å². The summed E-state index contributed by atoms with van der Waals surface area (Å²) < 4.78 is 5.39. The number of hydrogen-bond donors (Lipinski definition) is 21. The van der Waals surface area contributed by atoms with E-state index >= 15 is 19.2 Å². The second-order valence-electron chi connectivity index (χ2n) is 27.3. The normalized spacial score (nSPS) is 19.2. The predicted molar refractivity (Wildman–Crippen MR) is 409 cm³/mol. The van der Waals surface area contributed by atoms with Gasteiger partial charge in [-0.15, -0.1) is 0 Å². The maximum Gasteiger partial charge on any atom is 0.303 e. The standard InChI is InChI=1S/C73H99N19O20S/c1-37(93)61-71(110)88-52(30-40-33-79-45-13-7-5-11-43(40)45)68(107)84-47(19-22-56(75)95)63(102)89-55(36-113-28-25-50(82-38(2)94)65(104)83-48(66(105)91-61)20-23-57(76)96)69(108)85-51(29-39-15-17-42(112-4)18-16-39)67(106)86-53(31-41-34-80-46-14-8-6-12-44(41)46)70(109)92-73(3,26-9-10-27-74)72(111)90-49(21-24-60(99)100)64(103)87-54(32-58(77)97)62(101)81-35-59(78)98/h5-8,11-18,33-34,37,47-55,61,79-80,93H,9-10,19-32,35-36,74H2,1-4H3,(H2,75,95)(H2,76,96)(H2,77,97)(H2,78,98)(H,81,101)(H,82,94)(H,83,104)(H,84,107)(H,85,108)(H,86,106)(H,87,103)(H,88,110)(H,89,102)(H,90,111)(H,91,105)(H,92,109)(H,99,100)/t37-,47+,48+,49+,50+,51+,52+,53+,54+,55+,61+,73+/m1/s1. The number of hydrogen-bond acceptors (Lipinski definition) is 21. The lowest BCUT2D eigenvalue weighted by atomic mass is 9.91.